The zero-order chi connectivity index (χ0) is 18.1. The third-order valence-corrected chi connectivity index (χ3v) is 5.79. The fourth-order valence-electron chi connectivity index (χ4n) is 4.49. The number of aryl methyl sites for hydroxylation is 1. The number of hydrogen-bond acceptors (Lipinski definition) is 4. The second-order valence-corrected chi connectivity index (χ2v) is 7.97. The van der Waals surface area contributed by atoms with Crippen molar-refractivity contribution in [2.45, 2.75) is 84.0 Å². The molecule has 0 aromatic carbocycles. The topological polar surface area (TPSA) is 70.4 Å². The minimum Gasteiger partial charge on any atom is -0.392 e. The summed E-state index contributed by atoms with van der Waals surface area (Å²) in [7, 11) is 0. The lowest BCUT2D eigenvalue weighted by molar-refractivity contribution is -0.121. The van der Waals surface area contributed by atoms with Crippen LogP contribution in [0.1, 0.15) is 62.5 Å². The Bertz CT molecular complexity index is 625. The number of carbonyl (C=O) groups is 1. The standard InChI is InChI=1S/C19H32N4O2/c1-12(2)23-14(4)16(13(3)21-23)10-19(25)20-17-6-5-7-18(17)22-9-8-15(24)11-22/h12,15,17-18,24H,5-11H2,1-4H3,(H,20,25)/t15?,17-,18+/m1/s1. The first-order valence-electron chi connectivity index (χ1n) is 9.63. The van der Waals surface area contributed by atoms with E-state index in [4.69, 9.17) is 0 Å². The average Bonchev–Trinajstić information content (AvgIpc) is 3.23. The summed E-state index contributed by atoms with van der Waals surface area (Å²) < 4.78 is 2.00. The van der Waals surface area contributed by atoms with Crippen LogP contribution in [-0.4, -0.2) is 57.0 Å². The van der Waals surface area contributed by atoms with Gasteiger partial charge in [0.15, 0.2) is 0 Å². The van der Waals surface area contributed by atoms with Crippen LogP contribution in [-0.2, 0) is 11.2 Å². The SMILES string of the molecule is Cc1nn(C(C)C)c(C)c1CC(=O)N[C@@H]1CCC[C@@H]1N1CCC(O)C1. The number of hydrogen-bond donors (Lipinski definition) is 2. The third kappa shape index (κ3) is 3.90. The van der Waals surface area contributed by atoms with Gasteiger partial charge in [-0.25, -0.2) is 0 Å². The fourth-order valence-corrected chi connectivity index (χ4v) is 4.49. The summed E-state index contributed by atoms with van der Waals surface area (Å²) in [6.07, 6.45) is 4.34. The number of rotatable bonds is 5. The summed E-state index contributed by atoms with van der Waals surface area (Å²) in [5.74, 6) is 0.0890. The Labute approximate surface area is 150 Å². The maximum Gasteiger partial charge on any atom is 0.224 e. The van der Waals surface area contributed by atoms with E-state index in [1.165, 1.54) is 0 Å². The van der Waals surface area contributed by atoms with Crippen molar-refractivity contribution < 1.29 is 9.90 Å². The fraction of sp³-hybridized carbons (Fsp3) is 0.789. The Morgan fingerprint density at radius 2 is 2.08 bits per heavy atom. The van der Waals surface area contributed by atoms with Gasteiger partial charge in [-0.15, -0.1) is 0 Å². The van der Waals surface area contributed by atoms with Crippen molar-refractivity contribution in [3.8, 4) is 0 Å². The zero-order valence-corrected chi connectivity index (χ0v) is 16.0. The van der Waals surface area contributed by atoms with Gasteiger partial charge in [0.25, 0.3) is 0 Å². The number of likely N-dealkylation sites (tertiary alicyclic amines) is 1. The molecule has 2 N–H and O–H groups in total. The number of aliphatic hydroxyl groups excluding tert-OH is 1. The van der Waals surface area contributed by atoms with Crippen molar-refractivity contribution in [1.82, 2.24) is 20.0 Å². The van der Waals surface area contributed by atoms with Gasteiger partial charge in [-0.05, 0) is 53.4 Å². The predicted octanol–water partition coefficient (Wildman–Crippen LogP) is 1.73. The number of carbonyl (C=O) groups excluding carboxylic acids is 1. The van der Waals surface area contributed by atoms with Gasteiger partial charge >= 0.3 is 0 Å². The molecule has 0 spiro atoms. The highest BCUT2D eigenvalue weighted by atomic mass is 16.3. The molecule has 2 heterocycles. The van der Waals surface area contributed by atoms with E-state index in [9.17, 15) is 9.90 Å². The van der Waals surface area contributed by atoms with Crippen molar-refractivity contribution in [3.05, 3.63) is 17.0 Å². The van der Waals surface area contributed by atoms with E-state index in [1.807, 2.05) is 18.5 Å². The molecule has 1 aromatic rings. The highest BCUT2D eigenvalue weighted by Crippen LogP contribution is 2.27. The Kier molecular flexibility index (Phi) is 5.49. The van der Waals surface area contributed by atoms with Crippen LogP contribution in [0.2, 0.25) is 0 Å². The largest absolute Gasteiger partial charge is 0.392 e. The summed E-state index contributed by atoms with van der Waals surface area (Å²) in [6.45, 7) is 9.94. The minimum atomic E-state index is -0.205. The number of nitrogens with zero attached hydrogens (tertiary/aromatic N) is 3. The minimum absolute atomic E-state index is 0.0890. The maximum absolute atomic E-state index is 12.7. The molecule has 3 atom stereocenters. The molecule has 2 aliphatic rings. The summed E-state index contributed by atoms with van der Waals surface area (Å²) in [5.41, 5.74) is 3.10. The molecule has 1 aliphatic heterocycles. The first kappa shape index (κ1) is 18.4. The van der Waals surface area contributed by atoms with E-state index >= 15 is 0 Å². The molecule has 6 nitrogen and oxygen atoms in total. The first-order valence-corrected chi connectivity index (χ1v) is 9.63. The van der Waals surface area contributed by atoms with E-state index in [0.717, 1.165) is 55.7 Å². The maximum atomic E-state index is 12.7. The van der Waals surface area contributed by atoms with Gasteiger partial charge in [0.2, 0.25) is 5.91 Å². The smallest absolute Gasteiger partial charge is 0.224 e. The Balaban J connectivity index is 1.63. The van der Waals surface area contributed by atoms with Crippen LogP contribution in [0.5, 0.6) is 0 Å². The molecule has 6 heteroatoms. The van der Waals surface area contributed by atoms with E-state index in [-0.39, 0.29) is 18.1 Å². The summed E-state index contributed by atoms with van der Waals surface area (Å²) in [4.78, 5) is 15.0. The lowest BCUT2D eigenvalue weighted by atomic mass is 10.1. The Morgan fingerprint density at radius 3 is 2.68 bits per heavy atom. The van der Waals surface area contributed by atoms with Gasteiger partial charge in [-0.2, -0.15) is 5.10 Å². The molecule has 0 bridgehead atoms. The molecule has 0 radical (unpaired) electrons. The highest BCUT2D eigenvalue weighted by molar-refractivity contribution is 5.79. The van der Waals surface area contributed by atoms with Gasteiger partial charge in [-0.1, -0.05) is 0 Å². The number of aliphatic hydroxyl groups is 1. The lowest BCUT2D eigenvalue weighted by Gasteiger charge is -2.29. The van der Waals surface area contributed by atoms with Crippen LogP contribution in [0.25, 0.3) is 0 Å². The van der Waals surface area contributed by atoms with Crippen molar-refractivity contribution in [2.75, 3.05) is 13.1 Å². The van der Waals surface area contributed by atoms with Gasteiger partial charge in [-0.3, -0.25) is 14.4 Å². The molecule has 25 heavy (non-hydrogen) atoms. The van der Waals surface area contributed by atoms with Gasteiger partial charge in [0, 0.05) is 42.5 Å². The van der Waals surface area contributed by atoms with Gasteiger partial charge in [0.05, 0.1) is 18.2 Å². The number of aromatic nitrogens is 2. The number of amides is 1. The van der Waals surface area contributed by atoms with Crippen molar-refractivity contribution in [2.24, 2.45) is 0 Å². The van der Waals surface area contributed by atoms with Gasteiger partial charge < -0.3 is 10.4 Å². The molecule has 1 saturated heterocycles. The summed E-state index contributed by atoms with van der Waals surface area (Å²) >= 11 is 0. The average molecular weight is 348 g/mol. The van der Waals surface area contributed by atoms with Crippen LogP contribution >= 0.6 is 0 Å². The van der Waals surface area contributed by atoms with E-state index in [2.05, 4.69) is 29.2 Å². The highest BCUT2D eigenvalue weighted by Gasteiger charge is 2.36. The normalized spacial score (nSPS) is 27.4. The quantitative estimate of drug-likeness (QED) is 0.850. The first-order chi connectivity index (χ1) is 11.9. The molecule has 1 unspecified atom stereocenters. The second-order valence-electron chi connectivity index (χ2n) is 7.97. The molecule has 1 amide bonds. The van der Waals surface area contributed by atoms with Crippen LogP contribution in [0.4, 0.5) is 0 Å². The van der Waals surface area contributed by atoms with Crippen molar-refractivity contribution >= 4 is 5.91 Å². The molecule has 1 aromatic heterocycles. The molecule has 1 saturated carbocycles. The second kappa shape index (κ2) is 7.46. The predicted molar refractivity (Wildman–Crippen MR) is 97.6 cm³/mol. The van der Waals surface area contributed by atoms with E-state index in [0.29, 0.717) is 18.5 Å². The molecule has 140 valence electrons. The van der Waals surface area contributed by atoms with Crippen LogP contribution in [0.15, 0.2) is 0 Å². The Hall–Kier alpha value is -1.40. The molecular weight excluding hydrogens is 316 g/mol. The number of β-amino-alcohol motifs (C(OH)–C–C–N with tert-alkyl or cyclic N) is 1. The van der Waals surface area contributed by atoms with Crippen LogP contribution < -0.4 is 5.32 Å². The van der Waals surface area contributed by atoms with E-state index < -0.39 is 0 Å². The summed E-state index contributed by atoms with van der Waals surface area (Å²) in [6, 6.07) is 0.886. The number of nitrogens with one attached hydrogen (secondary N) is 1. The van der Waals surface area contributed by atoms with Crippen molar-refractivity contribution in [1.29, 1.82) is 0 Å². The Morgan fingerprint density at radius 1 is 1.32 bits per heavy atom. The molecule has 3 rings (SSSR count). The lowest BCUT2D eigenvalue weighted by Crippen LogP contribution is -2.48. The molecule has 2 fully saturated rings. The van der Waals surface area contributed by atoms with Gasteiger partial charge in [0.1, 0.15) is 0 Å². The van der Waals surface area contributed by atoms with Crippen molar-refractivity contribution in [3.63, 3.8) is 0 Å². The monoisotopic (exact) mass is 348 g/mol. The van der Waals surface area contributed by atoms with E-state index in [1.54, 1.807) is 0 Å². The third-order valence-electron chi connectivity index (χ3n) is 5.79. The molecule has 1 aliphatic carbocycles. The van der Waals surface area contributed by atoms with Crippen LogP contribution in [0, 0.1) is 13.8 Å². The molecular formula is C19H32N4O2. The van der Waals surface area contributed by atoms with Crippen LogP contribution in [0.3, 0.4) is 0 Å². The zero-order valence-electron chi connectivity index (χ0n) is 16.0. The summed E-state index contributed by atoms with van der Waals surface area (Å²) in [5, 5.41) is 17.6.